The third-order valence-electron chi connectivity index (χ3n) is 2.87. The topological polar surface area (TPSA) is 58.6 Å². The van der Waals surface area contributed by atoms with Crippen LogP contribution in [0.5, 0.6) is 0 Å². The van der Waals surface area contributed by atoms with E-state index in [1.54, 1.807) is 6.20 Å². The van der Waals surface area contributed by atoms with Crippen LogP contribution in [0.3, 0.4) is 0 Å². The van der Waals surface area contributed by atoms with Gasteiger partial charge in [-0.3, -0.25) is 14.7 Å². The zero-order valence-electron chi connectivity index (χ0n) is 10.2. The molecule has 0 aliphatic carbocycles. The van der Waals surface area contributed by atoms with Gasteiger partial charge in [-0.25, -0.2) is 4.98 Å². The van der Waals surface area contributed by atoms with Gasteiger partial charge in [-0.05, 0) is 0 Å². The molecule has 1 aliphatic rings. The zero-order valence-corrected chi connectivity index (χ0v) is 10.9. The van der Waals surface area contributed by atoms with E-state index in [-0.39, 0.29) is 5.97 Å². The smallest absolute Gasteiger partial charge is 0.319 e. The highest BCUT2D eigenvalue weighted by Crippen LogP contribution is 2.14. The molecule has 0 radical (unpaired) electrons. The van der Waals surface area contributed by atoms with Crippen LogP contribution in [-0.2, 0) is 9.53 Å². The number of ether oxygens (including phenoxy) is 1. The first kappa shape index (κ1) is 13.0. The molecule has 2 rings (SSSR count). The minimum absolute atomic E-state index is 0.203. The molecule has 0 unspecified atom stereocenters. The second-order valence-corrected chi connectivity index (χ2v) is 4.43. The molecule has 0 saturated carbocycles. The van der Waals surface area contributed by atoms with Gasteiger partial charge in [0.2, 0.25) is 0 Å². The Balaban J connectivity index is 1.88. The molecule has 0 atom stereocenters. The van der Waals surface area contributed by atoms with Crippen molar-refractivity contribution in [2.24, 2.45) is 0 Å². The summed E-state index contributed by atoms with van der Waals surface area (Å²) >= 11 is 5.81. The monoisotopic (exact) mass is 270 g/mol. The summed E-state index contributed by atoms with van der Waals surface area (Å²) in [6.07, 6.45) is 3.21. The van der Waals surface area contributed by atoms with Crippen LogP contribution in [0.2, 0.25) is 5.15 Å². The van der Waals surface area contributed by atoms with Crippen molar-refractivity contribution in [3.8, 4) is 0 Å². The average molecular weight is 271 g/mol. The molecule has 0 N–H and O–H groups in total. The maximum absolute atomic E-state index is 11.2. The molecule has 1 saturated heterocycles. The Bertz CT molecular complexity index is 421. The molecule has 2 heterocycles. The Labute approximate surface area is 111 Å². The number of nitrogens with zero attached hydrogens (tertiary/aromatic N) is 4. The van der Waals surface area contributed by atoms with Gasteiger partial charge in [-0.15, -0.1) is 0 Å². The number of hydrogen-bond acceptors (Lipinski definition) is 6. The van der Waals surface area contributed by atoms with Gasteiger partial charge in [0.1, 0.15) is 11.0 Å². The van der Waals surface area contributed by atoms with E-state index in [0.717, 1.165) is 32.0 Å². The second kappa shape index (κ2) is 5.97. The summed E-state index contributed by atoms with van der Waals surface area (Å²) in [4.78, 5) is 23.6. The van der Waals surface area contributed by atoms with Crippen LogP contribution in [0.4, 0.5) is 5.82 Å². The van der Waals surface area contributed by atoms with Crippen LogP contribution >= 0.6 is 11.6 Å². The maximum atomic E-state index is 11.2. The normalized spacial score (nSPS) is 16.7. The fourth-order valence-corrected chi connectivity index (χ4v) is 2.01. The lowest BCUT2D eigenvalue weighted by molar-refractivity contribution is -0.142. The molecule has 0 bridgehead atoms. The first-order valence-corrected chi connectivity index (χ1v) is 6.08. The molecule has 0 amide bonds. The SMILES string of the molecule is COC(=O)CN1CCN(c2cncc(Cl)n2)CC1. The van der Waals surface area contributed by atoms with Crippen molar-refractivity contribution in [3.05, 3.63) is 17.5 Å². The fourth-order valence-electron chi connectivity index (χ4n) is 1.87. The van der Waals surface area contributed by atoms with E-state index in [1.165, 1.54) is 13.3 Å². The van der Waals surface area contributed by atoms with Gasteiger partial charge >= 0.3 is 5.97 Å². The third kappa shape index (κ3) is 3.30. The van der Waals surface area contributed by atoms with Crippen molar-refractivity contribution in [2.45, 2.75) is 0 Å². The number of carbonyl (C=O) groups excluding carboxylic acids is 1. The Morgan fingerprint density at radius 2 is 2.11 bits per heavy atom. The first-order chi connectivity index (χ1) is 8.69. The molecule has 1 aromatic rings. The molecule has 0 aromatic carbocycles. The highest BCUT2D eigenvalue weighted by atomic mass is 35.5. The standard InChI is InChI=1S/C11H15ClN4O2/c1-18-11(17)8-15-2-4-16(5-3-15)10-7-13-6-9(12)14-10/h6-7H,2-5,8H2,1H3. The Hall–Kier alpha value is -1.40. The first-order valence-electron chi connectivity index (χ1n) is 5.70. The van der Waals surface area contributed by atoms with Crippen LogP contribution < -0.4 is 4.90 Å². The highest BCUT2D eigenvalue weighted by Gasteiger charge is 2.20. The largest absolute Gasteiger partial charge is 0.468 e. The molecular formula is C11H15ClN4O2. The minimum atomic E-state index is -0.203. The van der Waals surface area contributed by atoms with Crippen molar-refractivity contribution < 1.29 is 9.53 Å². The molecule has 7 heteroatoms. The lowest BCUT2D eigenvalue weighted by atomic mass is 10.3. The van der Waals surface area contributed by atoms with Gasteiger partial charge in [0, 0.05) is 26.2 Å². The number of anilines is 1. The molecule has 1 fully saturated rings. The maximum Gasteiger partial charge on any atom is 0.319 e. The number of aromatic nitrogens is 2. The summed E-state index contributed by atoms with van der Waals surface area (Å²) in [6, 6.07) is 0. The third-order valence-corrected chi connectivity index (χ3v) is 3.05. The average Bonchev–Trinajstić information content (AvgIpc) is 2.39. The molecule has 6 nitrogen and oxygen atoms in total. The quantitative estimate of drug-likeness (QED) is 0.742. The zero-order chi connectivity index (χ0) is 13.0. The predicted octanol–water partition coefficient (Wildman–Crippen LogP) is 0.425. The molecule has 1 aromatic heterocycles. The fraction of sp³-hybridized carbons (Fsp3) is 0.545. The summed E-state index contributed by atoms with van der Waals surface area (Å²) in [5.74, 6) is 0.575. The van der Waals surface area contributed by atoms with Crippen molar-refractivity contribution in [3.63, 3.8) is 0 Å². The van der Waals surface area contributed by atoms with Crippen LogP contribution in [-0.4, -0.2) is 60.7 Å². The summed E-state index contributed by atoms with van der Waals surface area (Å²) < 4.78 is 4.65. The van der Waals surface area contributed by atoms with E-state index >= 15 is 0 Å². The molecule has 98 valence electrons. The number of hydrogen-bond donors (Lipinski definition) is 0. The lowest BCUT2D eigenvalue weighted by Gasteiger charge is -2.34. The number of esters is 1. The Kier molecular flexibility index (Phi) is 4.33. The number of carbonyl (C=O) groups is 1. The van der Waals surface area contributed by atoms with Crippen LogP contribution in [0.15, 0.2) is 12.4 Å². The highest BCUT2D eigenvalue weighted by molar-refractivity contribution is 6.29. The lowest BCUT2D eigenvalue weighted by Crippen LogP contribution is -2.48. The number of methoxy groups -OCH3 is 1. The summed E-state index contributed by atoms with van der Waals surface area (Å²) in [5.41, 5.74) is 0. The predicted molar refractivity (Wildman–Crippen MR) is 67.7 cm³/mol. The van der Waals surface area contributed by atoms with Gasteiger partial charge in [0.15, 0.2) is 0 Å². The van der Waals surface area contributed by atoms with Crippen molar-refractivity contribution >= 4 is 23.4 Å². The van der Waals surface area contributed by atoms with E-state index in [4.69, 9.17) is 11.6 Å². The number of piperazine rings is 1. The van der Waals surface area contributed by atoms with Crippen LogP contribution in [0.1, 0.15) is 0 Å². The molecule has 0 spiro atoms. The Morgan fingerprint density at radius 3 is 2.72 bits per heavy atom. The van der Waals surface area contributed by atoms with Crippen molar-refractivity contribution in [1.82, 2.24) is 14.9 Å². The van der Waals surface area contributed by atoms with E-state index in [1.807, 2.05) is 0 Å². The number of halogens is 1. The van der Waals surface area contributed by atoms with E-state index in [2.05, 4.69) is 24.5 Å². The van der Waals surface area contributed by atoms with E-state index in [0.29, 0.717) is 11.7 Å². The van der Waals surface area contributed by atoms with Crippen LogP contribution in [0.25, 0.3) is 0 Å². The molecule has 18 heavy (non-hydrogen) atoms. The van der Waals surface area contributed by atoms with Crippen LogP contribution in [0, 0.1) is 0 Å². The van der Waals surface area contributed by atoms with Gasteiger partial charge in [-0.1, -0.05) is 11.6 Å². The summed E-state index contributed by atoms with van der Waals surface area (Å²) in [5, 5.41) is 0.393. The van der Waals surface area contributed by atoms with E-state index in [9.17, 15) is 4.79 Å². The van der Waals surface area contributed by atoms with Crippen molar-refractivity contribution in [1.29, 1.82) is 0 Å². The number of rotatable bonds is 3. The van der Waals surface area contributed by atoms with Crippen molar-refractivity contribution in [2.75, 3.05) is 44.7 Å². The van der Waals surface area contributed by atoms with Gasteiger partial charge in [0.05, 0.1) is 26.0 Å². The Morgan fingerprint density at radius 1 is 1.39 bits per heavy atom. The van der Waals surface area contributed by atoms with E-state index < -0.39 is 0 Å². The molecule has 1 aliphatic heterocycles. The van der Waals surface area contributed by atoms with Gasteiger partial charge in [0.25, 0.3) is 0 Å². The summed E-state index contributed by atoms with van der Waals surface area (Å²) in [7, 11) is 1.40. The molecular weight excluding hydrogens is 256 g/mol. The van der Waals surface area contributed by atoms with Gasteiger partial charge < -0.3 is 9.64 Å². The second-order valence-electron chi connectivity index (χ2n) is 4.04. The summed E-state index contributed by atoms with van der Waals surface area (Å²) in [6.45, 7) is 3.52. The van der Waals surface area contributed by atoms with Gasteiger partial charge in [-0.2, -0.15) is 0 Å². The minimum Gasteiger partial charge on any atom is -0.468 e.